The Kier molecular flexibility index (Phi) is 5.33. The second-order valence-corrected chi connectivity index (χ2v) is 5.37. The van der Waals surface area contributed by atoms with Gasteiger partial charge in [-0.15, -0.1) is 0 Å². The van der Waals surface area contributed by atoms with Gasteiger partial charge in [0.1, 0.15) is 6.04 Å². The van der Waals surface area contributed by atoms with Crippen LogP contribution in [0.4, 0.5) is 0 Å². The number of carbonyl (C=O) groups is 2. The molecule has 0 aliphatic rings. The summed E-state index contributed by atoms with van der Waals surface area (Å²) in [5, 5.41) is 43.0. The number of aromatic hydroxyl groups is 4. The zero-order valence-corrected chi connectivity index (χ0v) is 13.4. The van der Waals surface area contributed by atoms with Gasteiger partial charge in [0.15, 0.2) is 23.0 Å². The molecule has 0 aliphatic heterocycles. The maximum atomic E-state index is 12.1. The summed E-state index contributed by atoms with van der Waals surface area (Å²) in [5.41, 5.74) is 0.155. The third-order valence-corrected chi connectivity index (χ3v) is 3.55. The number of rotatable bonds is 5. The van der Waals surface area contributed by atoms with Crippen molar-refractivity contribution in [2.45, 2.75) is 19.5 Å². The molecule has 0 radical (unpaired) electrons. The third-order valence-electron chi connectivity index (χ3n) is 3.55. The quantitative estimate of drug-likeness (QED) is 0.446. The van der Waals surface area contributed by atoms with Gasteiger partial charge in [0, 0.05) is 12.1 Å². The molecule has 2 rings (SSSR count). The lowest BCUT2D eigenvalue weighted by Crippen LogP contribution is -2.44. The average Bonchev–Trinajstić information content (AvgIpc) is 2.58. The molecule has 0 saturated carbocycles. The van der Waals surface area contributed by atoms with E-state index in [0.29, 0.717) is 5.56 Å². The second-order valence-electron chi connectivity index (χ2n) is 5.37. The Labute approximate surface area is 143 Å². The number of carbonyl (C=O) groups excluding carboxylic acids is 2. The molecule has 2 aromatic rings. The summed E-state index contributed by atoms with van der Waals surface area (Å²) >= 11 is 0. The summed E-state index contributed by atoms with van der Waals surface area (Å²) in [7, 11) is 0. The SMILES string of the molecule is C[C@H](NC(=O)c1cccc(O)c1O)C(=O)NCc1cccc(O)c1O. The van der Waals surface area contributed by atoms with Crippen LogP contribution in [0.2, 0.25) is 0 Å². The predicted octanol–water partition coefficient (Wildman–Crippen LogP) is 0.944. The van der Waals surface area contributed by atoms with E-state index >= 15 is 0 Å². The number of phenols is 4. The van der Waals surface area contributed by atoms with Crippen molar-refractivity contribution in [2.75, 3.05) is 0 Å². The molecule has 8 heteroatoms. The monoisotopic (exact) mass is 346 g/mol. The van der Waals surface area contributed by atoms with Gasteiger partial charge in [0.2, 0.25) is 5.91 Å². The number of hydrogen-bond donors (Lipinski definition) is 6. The van der Waals surface area contributed by atoms with Crippen LogP contribution in [0.1, 0.15) is 22.8 Å². The van der Waals surface area contributed by atoms with E-state index in [4.69, 9.17) is 0 Å². The van der Waals surface area contributed by atoms with Gasteiger partial charge in [-0.1, -0.05) is 18.2 Å². The molecule has 0 fully saturated rings. The molecule has 132 valence electrons. The fraction of sp³-hybridized carbons (Fsp3) is 0.176. The minimum absolute atomic E-state index is 0.0450. The lowest BCUT2D eigenvalue weighted by atomic mass is 10.1. The standard InChI is InChI=1S/C17H18N2O6/c1-9(19-17(25)11-5-3-7-13(21)15(11)23)16(24)18-8-10-4-2-6-12(20)14(10)22/h2-7,9,20-23H,8H2,1H3,(H,18,24)(H,19,25)/t9-/m0/s1. The van der Waals surface area contributed by atoms with Crippen LogP contribution in [0, 0.1) is 0 Å². The lowest BCUT2D eigenvalue weighted by Gasteiger charge is -2.15. The molecular weight excluding hydrogens is 328 g/mol. The molecule has 0 saturated heterocycles. The molecule has 2 amide bonds. The fourth-order valence-corrected chi connectivity index (χ4v) is 2.11. The molecule has 0 spiro atoms. The van der Waals surface area contributed by atoms with Gasteiger partial charge in [-0.2, -0.15) is 0 Å². The molecule has 8 nitrogen and oxygen atoms in total. The highest BCUT2D eigenvalue weighted by Crippen LogP contribution is 2.28. The first kappa shape index (κ1) is 17.9. The minimum atomic E-state index is -0.936. The van der Waals surface area contributed by atoms with E-state index in [1.54, 1.807) is 0 Å². The van der Waals surface area contributed by atoms with Crippen LogP contribution in [0.15, 0.2) is 36.4 Å². The Bertz CT molecular complexity index is 806. The Morgan fingerprint density at radius 1 is 0.960 bits per heavy atom. The number of nitrogens with one attached hydrogen (secondary N) is 2. The van der Waals surface area contributed by atoms with E-state index in [9.17, 15) is 30.0 Å². The highest BCUT2D eigenvalue weighted by molar-refractivity contribution is 6.00. The lowest BCUT2D eigenvalue weighted by molar-refractivity contribution is -0.122. The van der Waals surface area contributed by atoms with Crippen molar-refractivity contribution in [3.05, 3.63) is 47.5 Å². The minimum Gasteiger partial charge on any atom is -0.504 e. The first-order chi connectivity index (χ1) is 11.8. The van der Waals surface area contributed by atoms with E-state index in [1.807, 2.05) is 0 Å². The van der Waals surface area contributed by atoms with Crippen molar-refractivity contribution in [1.29, 1.82) is 0 Å². The van der Waals surface area contributed by atoms with Crippen molar-refractivity contribution >= 4 is 11.8 Å². The maximum absolute atomic E-state index is 12.1. The topological polar surface area (TPSA) is 139 Å². The molecule has 0 bridgehead atoms. The van der Waals surface area contributed by atoms with E-state index in [2.05, 4.69) is 10.6 Å². The summed E-state index contributed by atoms with van der Waals surface area (Å²) in [5.74, 6) is -2.90. The Balaban J connectivity index is 1.97. The van der Waals surface area contributed by atoms with Crippen molar-refractivity contribution in [2.24, 2.45) is 0 Å². The molecule has 0 aliphatic carbocycles. The summed E-state index contributed by atoms with van der Waals surface area (Å²) in [6, 6.07) is 7.35. The van der Waals surface area contributed by atoms with Crippen LogP contribution in [0.3, 0.4) is 0 Å². The predicted molar refractivity (Wildman–Crippen MR) is 88.3 cm³/mol. The van der Waals surface area contributed by atoms with Crippen molar-refractivity contribution in [3.8, 4) is 23.0 Å². The van der Waals surface area contributed by atoms with Gasteiger partial charge in [0.05, 0.1) is 5.56 Å². The average molecular weight is 346 g/mol. The smallest absolute Gasteiger partial charge is 0.255 e. The van der Waals surface area contributed by atoms with Crippen LogP contribution < -0.4 is 10.6 Å². The number of amides is 2. The van der Waals surface area contributed by atoms with Gasteiger partial charge >= 0.3 is 0 Å². The molecule has 0 unspecified atom stereocenters. The van der Waals surface area contributed by atoms with Crippen LogP contribution in [0.25, 0.3) is 0 Å². The second kappa shape index (κ2) is 7.43. The number of para-hydroxylation sites is 2. The largest absolute Gasteiger partial charge is 0.504 e. The molecule has 2 aromatic carbocycles. The summed E-state index contributed by atoms with van der Waals surface area (Å²) in [6.45, 7) is 1.39. The number of phenolic OH excluding ortho intramolecular Hbond substituents is 4. The van der Waals surface area contributed by atoms with E-state index in [0.717, 1.165) is 0 Å². The van der Waals surface area contributed by atoms with E-state index < -0.39 is 29.4 Å². The van der Waals surface area contributed by atoms with Gasteiger partial charge in [0.25, 0.3) is 5.91 Å². The Morgan fingerprint density at radius 2 is 1.56 bits per heavy atom. The highest BCUT2D eigenvalue weighted by Gasteiger charge is 2.20. The fourth-order valence-electron chi connectivity index (χ4n) is 2.11. The van der Waals surface area contributed by atoms with Crippen LogP contribution >= 0.6 is 0 Å². The zero-order chi connectivity index (χ0) is 18.6. The van der Waals surface area contributed by atoms with Gasteiger partial charge in [-0.3, -0.25) is 9.59 Å². The maximum Gasteiger partial charge on any atom is 0.255 e. The first-order valence-corrected chi connectivity index (χ1v) is 7.40. The summed E-state index contributed by atoms with van der Waals surface area (Å²) < 4.78 is 0. The van der Waals surface area contributed by atoms with Gasteiger partial charge in [-0.05, 0) is 25.1 Å². The van der Waals surface area contributed by atoms with Crippen molar-refractivity contribution < 1.29 is 30.0 Å². The van der Waals surface area contributed by atoms with Crippen LogP contribution in [-0.2, 0) is 11.3 Å². The van der Waals surface area contributed by atoms with E-state index in [1.165, 1.54) is 43.3 Å². The number of benzene rings is 2. The number of hydrogen-bond acceptors (Lipinski definition) is 6. The summed E-state index contributed by atoms with van der Waals surface area (Å²) in [6.07, 6.45) is 0. The molecular formula is C17H18N2O6. The normalized spacial score (nSPS) is 11.6. The molecule has 0 heterocycles. The van der Waals surface area contributed by atoms with Crippen molar-refractivity contribution in [3.63, 3.8) is 0 Å². The van der Waals surface area contributed by atoms with Gasteiger partial charge in [-0.25, -0.2) is 0 Å². The van der Waals surface area contributed by atoms with E-state index in [-0.39, 0.29) is 23.6 Å². The first-order valence-electron chi connectivity index (χ1n) is 7.40. The van der Waals surface area contributed by atoms with Crippen molar-refractivity contribution in [1.82, 2.24) is 10.6 Å². The summed E-state index contributed by atoms with van der Waals surface area (Å²) in [4.78, 5) is 24.1. The molecule has 25 heavy (non-hydrogen) atoms. The molecule has 1 atom stereocenters. The Hall–Kier alpha value is -3.42. The molecule has 6 N–H and O–H groups in total. The Morgan fingerprint density at radius 3 is 2.24 bits per heavy atom. The zero-order valence-electron chi connectivity index (χ0n) is 13.4. The highest BCUT2D eigenvalue weighted by atomic mass is 16.3. The van der Waals surface area contributed by atoms with Crippen LogP contribution in [-0.4, -0.2) is 38.3 Å². The van der Waals surface area contributed by atoms with Crippen LogP contribution in [0.5, 0.6) is 23.0 Å². The molecule has 0 aromatic heterocycles. The third kappa shape index (κ3) is 4.11. The van der Waals surface area contributed by atoms with Gasteiger partial charge < -0.3 is 31.1 Å².